The first-order chi connectivity index (χ1) is 7.74. The Morgan fingerprint density at radius 1 is 1.25 bits per heavy atom. The number of hydrogen-bond acceptors (Lipinski definition) is 1. The molecule has 88 valence electrons. The Morgan fingerprint density at radius 3 is 2.44 bits per heavy atom. The SMILES string of the molecule is CCC1(CNCc2ccc(Cl)cc2)CCC1. The van der Waals surface area contributed by atoms with E-state index in [2.05, 4.69) is 24.4 Å². The summed E-state index contributed by atoms with van der Waals surface area (Å²) in [6.45, 7) is 4.42. The molecule has 1 saturated carbocycles. The first kappa shape index (κ1) is 11.9. The third kappa shape index (κ3) is 2.78. The lowest BCUT2D eigenvalue weighted by atomic mass is 9.67. The third-order valence-electron chi connectivity index (χ3n) is 3.91. The van der Waals surface area contributed by atoms with Gasteiger partial charge in [0.2, 0.25) is 0 Å². The van der Waals surface area contributed by atoms with Gasteiger partial charge in [0, 0.05) is 18.1 Å². The minimum absolute atomic E-state index is 0.604. The molecule has 1 fully saturated rings. The first-order valence-corrected chi connectivity index (χ1v) is 6.57. The van der Waals surface area contributed by atoms with Crippen molar-refractivity contribution in [3.8, 4) is 0 Å². The molecule has 2 heteroatoms. The molecule has 0 spiro atoms. The lowest BCUT2D eigenvalue weighted by Gasteiger charge is -2.41. The molecule has 0 amide bonds. The van der Waals surface area contributed by atoms with E-state index in [4.69, 9.17) is 11.6 Å². The Morgan fingerprint density at radius 2 is 1.94 bits per heavy atom. The quantitative estimate of drug-likeness (QED) is 0.816. The van der Waals surface area contributed by atoms with Crippen LogP contribution in [0.1, 0.15) is 38.2 Å². The molecular formula is C14H20ClN. The second kappa shape index (κ2) is 5.20. The van der Waals surface area contributed by atoms with Crippen LogP contribution >= 0.6 is 11.6 Å². The van der Waals surface area contributed by atoms with Gasteiger partial charge in [-0.2, -0.15) is 0 Å². The van der Waals surface area contributed by atoms with Crippen molar-refractivity contribution >= 4 is 11.6 Å². The molecule has 0 bridgehead atoms. The Kier molecular flexibility index (Phi) is 3.88. The first-order valence-electron chi connectivity index (χ1n) is 6.19. The summed E-state index contributed by atoms with van der Waals surface area (Å²) in [5, 5.41) is 4.38. The second-order valence-electron chi connectivity index (χ2n) is 4.94. The largest absolute Gasteiger partial charge is 0.312 e. The van der Waals surface area contributed by atoms with Gasteiger partial charge in [0.05, 0.1) is 0 Å². The van der Waals surface area contributed by atoms with Gasteiger partial charge in [-0.1, -0.05) is 37.1 Å². The maximum Gasteiger partial charge on any atom is 0.0406 e. The molecule has 0 saturated heterocycles. The minimum Gasteiger partial charge on any atom is -0.312 e. The molecule has 1 aromatic rings. The molecule has 1 aliphatic carbocycles. The molecular weight excluding hydrogens is 218 g/mol. The van der Waals surface area contributed by atoms with Crippen molar-refractivity contribution in [2.75, 3.05) is 6.54 Å². The van der Waals surface area contributed by atoms with E-state index in [-0.39, 0.29) is 0 Å². The molecule has 1 aromatic carbocycles. The smallest absolute Gasteiger partial charge is 0.0406 e. The highest BCUT2D eigenvalue weighted by atomic mass is 35.5. The molecule has 0 unspecified atom stereocenters. The summed E-state index contributed by atoms with van der Waals surface area (Å²) in [4.78, 5) is 0. The summed E-state index contributed by atoms with van der Waals surface area (Å²) >= 11 is 5.85. The molecule has 1 nitrogen and oxygen atoms in total. The van der Waals surface area contributed by atoms with Crippen LogP contribution in [0, 0.1) is 5.41 Å². The van der Waals surface area contributed by atoms with Gasteiger partial charge in [0.25, 0.3) is 0 Å². The van der Waals surface area contributed by atoms with Crippen molar-refractivity contribution in [2.45, 2.75) is 39.2 Å². The van der Waals surface area contributed by atoms with Gasteiger partial charge in [0.1, 0.15) is 0 Å². The molecule has 16 heavy (non-hydrogen) atoms. The summed E-state index contributed by atoms with van der Waals surface area (Å²) in [6, 6.07) is 8.10. The lowest BCUT2D eigenvalue weighted by molar-refractivity contribution is 0.124. The van der Waals surface area contributed by atoms with Gasteiger partial charge in [-0.15, -0.1) is 0 Å². The maximum atomic E-state index is 5.85. The fraction of sp³-hybridized carbons (Fsp3) is 0.571. The van der Waals surface area contributed by atoms with E-state index in [9.17, 15) is 0 Å². The topological polar surface area (TPSA) is 12.0 Å². The van der Waals surface area contributed by atoms with Crippen molar-refractivity contribution in [1.82, 2.24) is 5.32 Å². The summed E-state index contributed by atoms with van der Waals surface area (Å²) in [6.07, 6.45) is 5.52. The molecule has 0 aliphatic heterocycles. The lowest BCUT2D eigenvalue weighted by Crippen LogP contribution is -2.39. The van der Waals surface area contributed by atoms with Crippen molar-refractivity contribution < 1.29 is 0 Å². The van der Waals surface area contributed by atoms with Crippen LogP contribution in [0.25, 0.3) is 0 Å². The van der Waals surface area contributed by atoms with E-state index < -0.39 is 0 Å². The summed E-state index contributed by atoms with van der Waals surface area (Å²) in [5.41, 5.74) is 1.92. The summed E-state index contributed by atoms with van der Waals surface area (Å²) < 4.78 is 0. The molecule has 0 aromatic heterocycles. The highest BCUT2D eigenvalue weighted by Gasteiger charge is 2.34. The maximum absolute atomic E-state index is 5.85. The molecule has 0 radical (unpaired) electrons. The van der Waals surface area contributed by atoms with Crippen molar-refractivity contribution in [3.63, 3.8) is 0 Å². The second-order valence-corrected chi connectivity index (χ2v) is 5.37. The molecule has 1 N–H and O–H groups in total. The fourth-order valence-electron chi connectivity index (χ4n) is 2.41. The van der Waals surface area contributed by atoms with Crippen LogP contribution < -0.4 is 5.32 Å². The Balaban J connectivity index is 1.77. The van der Waals surface area contributed by atoms with Gasteiger partial charge in [-0.25, -0.2) is 0 Å². The van der Waals surface area contributed by atoms with Crippen molar-refractivity contribution in [1.29, 1.82) is 0 Å². The Bertz CT molecular complexity index is 322. The zero-order valence-electron chi connectivity index (χ0n) is 9.93. The number of hydrogen-bond donors (Lipinski definition) is 1. The molecule has 1 aliphatic rings. The van der Waals surface area contributed by atoms with Crippen LogP contribution in [0.5, 0.6) is 0 Å². The van der Waals surface area contributed by atoms with E-state index >= 15 is 0 Å². The van der Waals surface area contributed by atoms with E-state index in [1.165, 1.54) is 31.2 Å². The predicted molar refractivity (Wildman–Crippen MR) is 69.7 cm³/mol. The summed E-state index contributed by atoms with van der Waals surface area (Å²) in [7, 11) is 0. The van der Waals surface area contributed by atoms with Gasteiger partial charge in [0.15, 0.2) is 0 Å². The summed E-state index contributed by atoms with van der Waals surface area (Å²) in [5.74, 6) is 0. The Labute approximate surface area is 103 Å². The van der Waals surface area contributed by atoms with Crippen LogP contribution in [0.2, 0.25) is 5.02 Å². The van der Waals surface area contributed by atoms with E-state index in [0.29, 0.717) is 5.41 Å². The normalized spacial score (nSPS) is 18.1. The van der Waals surface area contributed by atoms with E-state index in [0.717, 1.165) is 18.1 Å². The highest BCUT2D eigenvalue weighted by molar-refractivity contribution is 6.30. The average molecular weight is 238 g/mol. The standard InChI is InChI=1S/C14H20ClN/c1-2-14(8-3-9-14)11-16-10-12-4-6-13(15)7-5-12/h4-7,16H,2-3,8-11H2,1H3. The van der Waals surface area contributed by atoms with Gasteiger partial charge < -0.3 is 5.32 Å². The van der Waals surface area contributed by atoms with Crippen LogP contribution in [0.15, 0.2) is 24.3 Å². The zero-order chi connectivity index (χ0) is 11.4. The fourth-order valence-corrected chi connectivity index (χ4v) is 2.53. The Hall–Kier alpha value is -0.530. The minimum atomic E-state index is 0.604. The van der Waals surface area contributed by atoms with Gasteiger partial charge >= 0.3 is 0 Å². The van der Waals surface area contributed by atoms with E-state index in [1.54, 1.807) is 0 Å². The van der Waals surface area contributed by atoms with Gasteiger partial charge in [-0.3, -0.25) is 0 Å². The van der Waals surface area contributed by atoms with E-state index in [1.807, 2.05) is 12.1 Å². The van der Waals surface area contributed by atoms with Crippen LogP contribution in [-0.4, -0.2) is 6.54 Å². The van der Waals surface area contributed by atoms with Gasteiger partial charge in [-0.05, 0) is 42.4 Å². The predicted octanol–water partition coefficient (Wildman–Crippen LogP) is 4.01. The number of benzene rings is 1. The van der Waals surface area contributed by atoms with Crippen LogP contribution in [-0.2, 0) is 6.54 Å². The number of halogens is 1. The number of rotatable bonds is 5. The highest BCUT2D eigenvalue weighted by Crippen LogP contribution is 2.43. The monoisotopic (exact) mass is 237 g/mol. The molecule has 2 rings (SSSR count). The molecule has 0 heterocycles. The third-order valence-corrected chi connectivity index (χ3v) is 4.16. The molecule has 0 atom stereocenters. The van der Waals surface area contributed by atoms with Crippen LogP contribution in [0.3, 0.4) is 0 Å². The van der Waals surface area contributed by atoms with Crippen molar-refractivity contribution in [2.24, 2.45) is 5.41 Å². The number of nitrogens with one attached hydrogen (secondary N) is 1. The zero-order valence-corrected chi connectivity index (χ0v) is 10.7. The average Bonchev–Trinajstić information content (AvgIpc) is 2.25. The van der Waals surface area contributed by atoms with Crippen LogP contribution in [0.4, 0.5) is 0 Å². The van der Waals surface area contributed by atoms with Crippen molar-refractivity contribution in [3.05, 3.63) is 34.9 Å².